The van der Waals surface area contributed by atoms with Crippen molar-refractivity contribution in [2.24, 2.45) is 7.05 Å². The molecule has 23 heavy (non-hydrogen) atoms. The first kappa shape index (κ1) is 15.2. The van der Waals surface area contributed by atoms with Crippen molar-refractivity contribution in [3.8, 4) is 11.3 Å². The molecule has 0 bridgehead atoms. The Morgan fingerprint density at radius 2 is 1.96 bits per heavy atom. The van der Waals surface area contributed by atoms with Crippen molar-refractivity contribution in [1.82, 2.24) is 19.7 Å². The summed E-state index contributed by atoms with van der Waals surface area (Å²) in [5, 5.41) is 7.68. The first-order valence-electron chi connectivity index (χ1n) is 7.66. The van der Waals surface area contributed by atoms with Crippen LogP contribution in [0.25, 0.3) is 11.3 Å². The van der Waals surface area contributed by atoms with Gasteiger partial charge in [0, 0.05) is 31.5 Å². The molecule has 0 amide bonds. The van der Waals surface area contributed by atoms with E-state index in [0.717, 1.165) is 17.0 Å². The average molecular weight is 307 g/mol. The van der Waals surface area contributed by atoms with E-state index in [-0.39, 0.29) is 0 Å². The van der Waals surface area contributed by atoms with E-state index >= 15 is 0 Å². The fraction of sp³-hybridized carbons (Fsp3) is 0.278. The van der Waals surface area contributed by atoms with Gasteiger partial charge in [0.05, 0.1) is 11.4 Å². The second-order valence-electron chi connectivity index (χ2n) is 5.85. The lowest BCUT2D eigenvalue weighted by Crippen LogP contribution is -2.05. The molecule has 0 aliphatic heterocycles. The molecule has 0 aliphatic carbocycles. The molecule has 0 unspecified atom stereocenters. The Morgan fingerprint density at radius 1 is 1.13 bits per heavy atom. The number of aromatic nitrogens is 4. The van der Waals surface area contributed by atoms with Crippen molar-refractivity contribution in [2.75, 3.05) is 5.32 Å². The van der Waals surface area contributed by atoms with E-state index in [9.17, 15) is 0 Å². The molecule has 3 aromatic rings. The molecule has 2 heterocycles. The minimum atomic E-state index is 0.631. The molecule has 0 radical (unpaired) electrons. The number of anilines is 1. The van der Waals surface area contributed by atoms with Gasteiger partial charge in [0.1, 0.15) is 0 Å². The molecule has 0 atom stereocenters. The van der Waals surface area contributed by atoms with Gasteiger partial charge in [-0.3, -0.25) is 4.68 Å². The maximum atomic E-state index is 4.61. The Hall–Kier alpha value is -2.69. The van der Waals surface area contributed by atoms with E-state index in [1.807, 2.05) is 26.2 Å². The number of aryl methyl sites for hydroxylation is 4. The van der Waals surface area contributed by atoms with Crippen LogP contribution in [-0.4, -0.2) is 19.7 Å². The van der Waals surface area contributed by atoms with Crippen LogP contribution in [0, 0.1) is 20.8 Å². The zero-order valence-electron chi connectivity index (χ0n) is 14.0. The molecule has 0 aliphatic rings. The third-order valence-corrected chi connectivity index (χ3v) is 3.89. The minimum absolute atomic E-state index is 0.631. The van der Waals surface area contributed by atoms with Gasteiger partial charge in [-0.2, -0.15) is 5.10 Å². The maximum absolute atomic E-state index is 4.61. The Labute approximate surface area is 136 Å². The van der Waals surface area contributed by atoms with Crippen LogP contribution in [-0.2, 0) is 13.6 Å². The van der Waals surface area contributed by atoms with Crippen molar-refractivity contribution in [3.63, 3.8) is 0 Å². The number of hydrogen-bond donors (Lipinski definition) is 1. The van der Waals surface area contributed by atoms with E-state index in [0.29, 0.717) is 12.5 Å². The Bertz CT molecular complexity index is 835. The lowest BCUT2D eigenvalue weighted by molar-refractivity contribution is 0.756. The van der Waals surface area contributed by atoms with Gasteiger partial charge >= 0.3 is 0 Å². The van der Waals surface area contributed by atoms with Crippen molar-refractivity contribution in [3.05, 3.63) is 59.0 Å². The Kier molecular flexibility index (Phi) is 4.10. The van der Waals surface area contributed by atoms with Crippen LogP contribution in [0.4, 0.5) is 5.95 Å². The molecule has 1 N–H and O–H groups in total. The molecule has 0 fully saturated rings. The third-order valence-electron chi connectivity index (χ3n) is 3.89. The Morgan fingerprint density at radius 3 is 2.70 bits per heavy atom. The molecular weight excluding hydrogens is 286 g/mol. The SMILES string of the molecule is Cc1ccc(C)c(CNc2nccc(-c3cn(C)nc3C)n2)c1. The van der Waals surface area contributed by atoms with Gasteiger partial charge in [-0.1, -0.05) is 23.8 Å². The normalized spacial score (nSPS) is 10.8. The predicted molar refractivity (Wildman–Crippen MR) is 92.2 cm³/mol. The maximum Gasteiger partial charge on any atom is 0.223 e. The fourth-order valence-electron chi connectivity index (χ4n) is 2.61. The van der Waals surface area contributed by atoms with Crippen LogP contribution in [0.3, 0.4) is 0 Å². The summed E-state index contributed by atoms with van der Waals surface area (Å²) < 4.78 is 1.80. The molecule has 5 heteroatoms. The van der Waals surface area contributed by atoms with Gasteiger partial charge in [0.25, 0.3) is 0 Å². The summed E-state index contributed by atoms with van der Waals surface area (Å²) in [6.07, 6.45) is 3.76. The molecule has 118 valence electrons. The molecule has 0 spiro atoms. The lowest BCUT2D eigenvalue weighted by Gasteiger charge is -2.09. The van der Waals surface area contributed by atoms with Crippen molar-refractivity contribution >= 4 is 5.95 Å². The summed E-state index contributed by atoms with van der Waals surface area (Å²) >= 11 is 0. The first-order chi connectivity index (χ1) is 11.0. The van der Waals surface area contributed by atoms with Gasteiger partial charge in [-0.25, -0.2) is 9.97 Å². The highest BCUT2D eigenvalue weighted by Crippen LogP contribution is 2.21. The highest BCUT2D eigenvalue weighted by molar-refractivity contribution is 5.61. The smallest absolute Gasteiger partial charge is 0.223 e. The molecular formula is C18H21N5. The van der Waals surface area contributed by atoms with Gasteiger partial charge in [0.2, 0.25) is 5.95 Å². The second-order valence-corrected chi connectivity index (χ2v) is 5.85. The van der Waals surface area contributed by atoms with Crippen molar-refractivity contribution in [1.29, 1.82) is 0 Å². The third kappa shape index (κ3) is 3.39. The first-order valence-corrected chi connectivity index (χ1v) is 7.66. The molecule has 2 aromatic heterocycles. The monoisotopic (exact) mass is 307 g/mol. The number of nitrogens with zero attached hydrogens (tertiary/aromatic N) is 4. The van der Waals surface area contributed by atoms with E-state index in [1.54, 1.807) is 10.9 Å². The molecule has 0 saturated carbocycles. The second kappa shape index (κ2) is 6.20. The van der Waals surface area contributed by atoms with Crippen LogP contribution >= 0.6 is 0 Å². The zero-order chi connectivity index (χ0) is 16.4. The predicted octanol–water partition coefficient (Wildman–Crippen LogP) is 3.41. The van der Waals surface area contributed by atoms with E-state index in [4.69, 9.17) is 0 Å². The van der Waals surface area contributed by atoms with Gasteiger partial charge in [0.15, 0.2) is 0 Å². The molecule has 1 aromatic carbocycles. The topological polar surface area (TPSA) is 55.6 Å². The summed E-state index contributed by atoms with van der Waals surface area (Å²) in [5.41, 5.74) is 6.66. The van der Waals surface area contributed by atoms with Gasteiger partial charge < -0.3 is 5.32 Å². The fourth-order valence-corrected chi connectivity index (χ4v) is 2.61. The largest absolute Gasteiger partial charge is 0.350 e. The van der Waals surface area contributed by atoms with E-state index < -0.39 is 0 Å². The van der Waals surface area contributed by atoms with E-state index in [2.05, 4.69) is 52.4 Å². The summed E-state index contributed by atoms with van der Waals surface area (Å²) in [7, 11) is 1.91. The quantitative estimate of drug-likeness (QED) is 0.802. The average Bonchev–Trinajstić information content (AvgIpc) is 2.87. The van der Waals surface area contributed by atoms with Crippen LogP contribution in [0.1, 0.15) is 22.4 Å². The molecule has 0 saturated heterocycles. The van der Waals surface area contributed by atoms with Gasteiger partial charge in [-0.15, -0.1) is 0 Å². The highest BCUT2D eigenvalue weighted by Gasteiger charge is 2.09. The van der Waals surface area contributed by atoms with Crippen LogP contribution < -0.4 is 5.32 Å². The van der Waals surface area contributed by atoms with Crippen LogP contribution in [0.2, 0.25) is 0 Å². The molecule has 5 nitrogen and oxygen atoms in total. The number of rotatable bonds is 4. The lowest BCUT2D eigenvalue weighted by atomic mass is 10.1. The van der Waals surface area contributed by atoms with Crippen LogP contribution in [0.15, 0.2) is 36.7 Å². The number of nitrogens with one attached hydrogen (secondary N) is 1. The van der Waals surface area contributed by atoms with Crippen LogP contribution in [0.5, 0.6) is 0 Å². The summed E-state index contributed by atoms with van der Waals surface area (Å²) in [4.78, 5) is 8.93. The standard InChI is InChI=1S/C18H21N5/c1-12-5-6-13(2)15(9-12)10-20-18-19-8-7-17(21-18)16-11-23(4)22-14(16)3/h5-9,11H,10H2,1-4H3,(H,19,20,21). The van der Waals surface area contributed by atoms with Gasteiger partial charge in [-0.05, 0) is 38.0 Å². The number of hydrogen-bond acceptors (Lipinski definition) is 4. The zero-order valence-corrected chi connectivity index (χ0v) is 14.0. The number of benzene rings is 1. The summed E-state index contributed by atoms with van der Waals surface area (Å²) in [6.45, 7) is 6.92. The summed E-state index contributed by atoms with van der Waals surface area (Å²) in [6, 6.07) is 8.37. The molecule has 3 rings (SSSR count). The highest BCUT2D eigenvalue weighted by atomic mass is 15.3. The minimum Gasteiger partial charge on any atom is -0.350 e. The summed E-state index contributed by atoms with van der Waals surface area (Å²) in [5.74, 6) is 0.631. The van der Waals surface area contributed by atoms with Crippen molar-refractivity contribution in [2.45, 2.75) is 27.3 Å². The van der Waals surface area contributed by atoms with Crippen molar-refractivity contribution < 1.29 is 0 Å². The van der Waals surface area contributed by atoms with E-state index in [1.165, 1.54) is 16.7 Å². The Balaban J connectivity index is 1.80.